The number of hydrogen-bond donors (Lipinski definition) is 1. The van der Waals surface area contributed by atoms with E-state index < -0.39 is 0 Å². The van der Waals surface area contributed by atoms with Crippen molar-refractivity contribution in [1.29, 1.82) is 0 Å². The van der Waals surface area contributed by atoms with Crippen molar-refractivity contribution in [2.24, 2.45) is 0 Å². The summed E-state index contributed by atoms with van der Waals surface area (Å²) in [5, 5.41) is 3.41. The quantitative estimate of drug-likeness (QED) is 0.819. The number of para-hydroxylation sites is 1. The first-order chi connectivity index (χ1) is 7.79. The second-order valence-corrected chi connectivity index (χ2v) is 4.32. The lowest BCUT2D eigenvalue weighted by Crippen LogP contribution is -2.38. The van der Waals surface area contributed by atoms with Gasteiger partial charge >= 0.3 is 0 Å². The molecular weight excluding hydrogens is 202 g/mol. The zero-order valence-corrected chi connectivity index (χ0v) is 9.90. The van der Waals surface area contributed by atoms with Crippen LogP contribution in [0.3, 0.4) is 0 Å². The zero-order chi connectivity index (χ0) is 11.4. The Kier molecular flexibility index (Phi) is 3.80. The van der Waals surface area contributed by atoms with E-state index in [-0.39, 0.29) is 6.10 Å². The minimum Gasteiger partial charge on any atom is -0.488 e. The molecule has 2 atom stereocenters. The largest absolute Gasteiger partial charge is 0.488 e. The van der Waals surface area contributed by atoms with Gasteiger partial charge in [0, 0.05) is 26.1 Å². The molecule has 0 amide bonds. The number of nitrogens with one attached hydrogen (secondary N) is 1. The van der Waals surface area contributed by atoms with E-state index in [4.69, 9.17) is 9.47 Å². The number of fused-ring (bicyclic) bond motifs is 1. The smallest absolute Gasteiger partial charge is 0.123 e. The van der Waals surface area contributed by atoms with Crippen LogP contribution in [0.2, 0.25) is 0 Å². The summed E-state index contributed by atoms with van der Waals surface area (Å²) in [5.41, 5.74) is 1.31. The van der Waals surface area contributed by atoms with E-state index in [1.165, 1.54) is 5.56 Å². The molecule has 1 heterocycles. The van der Waals surface area contributed by atoms with Crippen LogP contribution in [0.15, 0.2) is 24.3 Å². The van der Waals surface area contributed by atoms with Crippen LogP contribution in [0.25, 0.3) is 0 Å². The molecule has 0 fully saturated rings. The van der Waals surface area contributed by atoms with Gasteiger partial charge in [0.05, 0.1) is 6.61 Å². The summed E-state index contributed by atoms with van der Waals surface area (Å²) in [4.78, 5) is 0. The van der Waals surface area contributed by atoms with Crippen LogP contribution in [0.1, 0.15) is 12.5 Å². The normalized spacial score (nSPS) is 20.2. The lowest BCUT2D eigenvalue weighted by atomic mass is 10.1. The first-order valence-electron chi connectivity index (χ1n) is 5.76. The molecule has 16 heavy (non-hydrogen) atoms. The second-order valence-electron chi connectivity index (χ2n) is 4.32. The molecule has 1 aliphatic heterocycles. The minimum atomic E-state index is 0.261. The summed E-state index contributed by atoms with van der Waals surface area (Å²) in [7, 11) is 1.72. The third-order valence-electron chi connectivity index (χ3n) is 2.82. The Hall–Kier alpha value is -1.06. The molecule has 3 heteroatoms. The molecular formula is C13H19NO2. The second kappa shape index (κ2) is 5.32. The van der Waals surface area contributed by atoms with E-state index in [2.05, 4.69) is 24.4 Å². The molecule has 0 bridgehead atoms. The number of ether oxygens (including phenoxy) is 2. The third-order valence-corrected chi connectivity index (χ3v) is 2.82. The van der Waals surface area contributed by atoms with Crippen LogP contribution in [-0.2, 0) is 11.2 Å². The lowest BCUT2D eigenvalue weighted by Gasteiger charge is -2.16. The molecule has 3 nitrogen and oxygen atoms in total. The zero-order valence-electron chi connectivity index (χ0n) is 9.90. The van der Waals surface area contributed by atoms with E-state index in [9.17, 15) is 0 Å². The number of methoxy groups -OCH3 is 1. The summed E-state index contributed by atoms with van der Waals surface area (Å²) in [6.45, 7) is 3.73. The van der Waals surface area contributed by atoms with Crippen LogP contribution < -0.4 is 10.1 Å². The van der Waals surface area contributed by atoms with Gasteiger partial charge in [0.2, 0.25) is 0 Å². The Labute approximate surface area is 96.8 Å². The molecule has 0 spiro atoms. The maximum atomic E-state index is 5.83. The van der Waals surface area contributed by atoms with E-state index >= 15 is 0 Å². The molecule has 0 aromatic heterocycles. The van der Waals surface area contributed by atoms with Crippen molar-refractivity contribution in [3.8, 4) is 5.75 Å². The molecule has 1 aliphatic rings. The molecule has 0 radical (unpaired) electrons. The van der Waals surface area contributed by atoms with Crippen molar-refractivity contribution in [1.82, 2.24) is 5.32 Å². The first kappa shape index (κ1) is 11.4. The molecule has 0 saturated carbocycles. The van der Waals surface area contributed by atoms with Gasteiger partial charge in [0.15, 0.2) is 0 Å². The van der Waals surface area contributed by atoms with Crippen molar-refractivity contribution in [3.05, 3.63) is 29.8 Å². The molecule has 0 saturated heterocycles. The fourth-order valence-electron chi connectivity index (χ4n) is 2.01. The predicted octanol–water partition coefficient (Wildman–Crippen LogP) is 1.61. The Balaban J connectivity index is 1.79. The van der Waals surface area contributed by atoms with Crippen LogP contribution in [0.5, 0.6) is 5.75 Å². The fraction of sp³-hybridized carbons (Fsp3) is 0.538. The van der Waals surface area contributed by atoms with Gasteiger partial charge in [0.1, 0.15) is 11.9 Å². The molecule has 2 rings (SSSR count). The van der Waals surface area contributed by atoms with E-state index in [1.54, 1.807) is 7.11 Å². The standard InChI is InChI=1S/C13H19NO2/c1-10(9-15-2)14-8-12-7-11-5-3-4-6-13(11)16-12/h3-6,10,12,14H,7-9H2,1-2H3. The van der Waals surface area contributed by atoms with E-state index in [1.807, 2.05) is 12.1 Å². The topological polar surface area (TPSA) is 30.5 Å². The number of rotatable bonds is 5. The van der Waals surface area contributed by atoms with Gasteiger partial charge in [-0.2, -0.15) is 0 Å². The van der Waals surface area contributed by atoms with Gasteiger partial charge in [0.25, 0.3) is 0 Å². The van der Waals surface area contributed by atoms with Crippen molar-refractivity contribution >= 4 is 0 Å². The maximum Gasteiger partial charge on any atom is 0.123 e. The SMILES string of the molecule is COCC(C)NCC1Cc2ccccc2O1. The minimum absolute atomic E-state index is 0.261. The summed E-state index contributed by atoms with van der Waals surface area (Å²) in [6, 6.07) is 8.62. The summed E-state index contributed by atoms with van der Waals surface area (Å²) >= 11 is 0. The van der Waals surface area contributed by atoms with Crippen LogP contribution in [-0.4, -0.2) is 32.4 Å². The Bertz CT molecular complexity index is 315. The van der Waals surface area contributed by atoms with E-state index in [0.29, 0.717) is 6.04 Å². The van der Waals surface area contributed by atoms with Crippen LogP contribution in [0, 0.1) is 0 Å². The van der Waals surface area contributed by atoms with Crippen molar-refractivity contribution in [3.63, 3.8) is 0 Å². The van der Waals surface area contributed by atoms with Gasteiger partial charge in [-0.05, 0) is 18.6 Å². The lowest BCUT2D eigenvalue weighted by molar-refractivity contribution is 0.160. The van der Waals surface area contributed by atoms with Gasteiger partial charge in [-0.1, -0.05) is 18.2 Å². The Morgan fingerprint density at radius 1 is 1.50 bits per heavy atom. The Morgan fingerprint density at radius 2 is 2.31 bits per heavy atom. The average molecular weight is 221 g/mol. The predicted molar refractivity (Wildman–Crippen MR) is 63.9 cm³/mol. The first-order valence-corrected chi connectivity index (χ1v) is 5.76. The highest BCUT2D eigenvalue weighted by Gasteiger charge is 2.22. The third kappa shape index (κ3) is 2.74. The fourth-order valence-corrected chi connectivity index (χ4v) is 2.01. The Morgan fingerprint density at radius 3 is 3.06 bits per heavy atom. The molecule has 1 N–H and O–H groups in total. The molecule has 88 valence electrons. The van der Waals surface area contributed by atoms with Gasteiger partial charge in [-0.3, -0.25) is 0 Å². The molecule has 1 aromatic rings. The number of hydrogen-bond acceptors (Lipinski definition) is 3. The monoisotopic (exact) mass is 221 g/mol. The molecule has 0 aliphatic carbocycles. The van der Waals surface area contributed by atoms with E-state index in [0.717, 1.165) is 25.3 Å². The van der Waals surface area contributed by atoms with Crippen molar-refractivity contribution in [2.45, 2.75) is 25.5 Å². The summed E-state index contributed by atoms with van der Waals surface area (Å²) < 4.78 is 10.9. The van der Waals surface area contributed by atoms with Crippen LogP contribution >= 0.6 is 0 Å². The summed E-state index contributed by atoms with van der Waals surface area (Å²) in [6.07, 6.45) is 1.26. The highest BCUT2D eigenvalue weighted by molar-refractivity contribution is 5.37. The van der Waals surface area contributed by atoms with Crippen LogP contribution in [0.4, 0.5) is 0 Å². The average Bonchev–Trinajstić information content (AvgIpc) is 2.69. The van der Waals surface area contributed by atoms with Gasteiger partial charge in [-0.25, -0.2) is 0 Å². The highest BCUT2D eigenvalue weighted by atomic mass is 16.5. The number of benzene rings is 1. The van der Waals surface area contributed by atoms with Crippen molar-refractivity contribution in [2.75, 3.05) is 20.3 Å². The highest BCUT2D eigenvalue weighted by Crippen LogP contribution is 2.27. The summed E-state index contributed by atoms with van der Waals surface area (Å²) in [5.74, 6) is 1.04. The van der Waals surface area contributed by atoms with Gasteiger partial charge in [-0.15, -0.1) is 0 Å². The molecule has 2 unspecified atom stereocenters. The molecule has 1 aromatic carbocycles. The van der Waals surface area contributed by atoms with Crippen molar-refractivity contribution < 1.29 is 9.47 Å². The maximum absolute atomic E-state index is 5.83. The van der Waals surface area contributed by atoms with Gasteiger partial charge < -0.3 is 14.8 Å².